The van der Waals surface area contributed by atoms with Gasteiger partial charge in [0.2, 0.25) is 0 Å². The second-order valence-electron chi connectivity index (χ2n) is 16.4. The van der Waals surface area contributed by atoms with E-state index in [9.17, 15) is 22.9 Å². The Bertz CT molecular complexity index is 2430. The molecule has 2 amide bonds. The minimum atomic E-state index is -2.98. The van der Waals surface area contributed by atoms with Crippen molar-refractivity contribution in [2.24, 2.45) is 0 Å². The van der Waals surface area contributed by atoms with Crippen LogP contribution >= 0.6 is 30.9 Å². The molecule has 0 aliphatic heterocycles. The van der Waals surface area contributed by atoms with Crippen LogP contribution in [-0.2, 0) is 26.8 Å². The smallest absolute Gasteiger partial charge is 0.306 e. The zero-order chi connectivity index (χ0) is 45.0. The molecule has 326 valence electrons. The summed E-state index contributed by atoms with van der Waals surface area (Å²) in [5.41, 5.74) is 9.19. The Morgan fingerprint density at radius 1 is 0.565 bits per heavy atom. The number of halogens is 2. The molecule has 0 unspecified atom stereocenters. The standard InChI is InChI=1S/C48H53F2N4O5PS2/c1-25(2)39-33(15-21-37(41(39)27(5)6)45(55)53-47-51-43(29(9)61-47)31-11-17-35(49)18-12-31)23-58-60(57)59-24-34-16-22-38(42(28(7)8)40(34)26(3)4)46(56)54-48-52-44(30(10)62-48)32-13-19-36(50)20-14-32/h11-22,25-28,60H,23-24H2,1-10H3,(H,51,53,55)(H,52,54,56). The van der Waals surface area contributed by atoms with Gasteiger partial charge in [-0.15, -0.1) is 22.7 Å². The zero-order valence-corrected chi connectivity index (χ0v) is 39.3. The molecule has 0 aliphatic rings. The molecule has 14 heteroatoms. The average Bonchev–Trinajstić information content (AvgIpc) is 3.78. The highest BCUT2D eigenvalue weighted by atomic mass is 32.1. The number of hydrogen-bond donors (Lipinski definition) is 2. The van der Waals surface area contributed by atoms with Gasteiger partial charge in [-0.2, -0.15) is 0 Å². The summed E-state index contributed by atoms with van der Waals surface area (Å²) in [6, 6.07) is 19.4. The Morgan fingerprint density at radius 3 is 1.23 bits per heavy atom. The number of nitrogens with one attached hydrogen (secondary N) is 2. The number of carbonyl (C=O) groups is 2. The Morgan fingerprint density at radius 2 is 0.903 bits per heavy atom. The molecule has 9 nitrogen and oxygen atoms in total. The zero-order valence-electron chi connectivity index (χ0n) is 36.7. The van der Waals surface area contributed by atoms with Crippen molar-refractivity contribution in [3.05, 3.63) is 139 Å². The third-order valence-corrected chi connectivity index (χ3v) is 13.0. The van der Waals surface area contributed by atoms with Crippen molar-refractivity contribution in [3.63, 3.8) is 0 Å². The second kappa shape index (κ2) is 20.1. The highest BCUT2D eigenvalue weighted by Crippen LogP contribution is 2.39. The Labute approximate surface area is 371 Å². The van der Waals surface area contributed by atoms with E-state index in [1.165, 1.54) is 46.9 Å². The third-order valence-electron chi connectivity index (χ3n) is 10.5. The number of amides is 2. The maximum absolute atomic E-state index is 13.8. The molecule has 0 saturated carbocycles. The number of rotatable bonds is 16. The number of anilines is 2. The van der Waals surface area contributed by atoms with Crippen LogP contribution in [0.15, 0.2) is 72.8 Å². The van der Waals surface area contributed by atoms with Crippen LogP contribution in [0.25, 0.3) is 22.5 Å². The lowest BCUT2D eigenvalue weighted by atomic mass is 9.83. The fourth-order valence-electron chi connectivity index (χ4n) is 7.91. The summed E-state index contributed by atoms with van der Waals surface area (Å²) in [5, 5.41) is 6.85. The van der Waals surface area contributed by atoms with Gasteiger partial charge in [0.25, 0.3) is 11.8 Å². The van der Waals surface area contributed by atoms with E-state index in [0.717, 1.165) is 54.3 Å². The van der Waals surface area contributed by atoms with Crippen LogP contribution in [0.3, 0.4) is 0 Å². The number of aromatic nitrogens is 2. The molecule has 6 aromatic rings. The largest absolute Gasteiger partial charge is 0.319 e. The number of nitrogens with zero attached hydrogens (tertiary/aromatic N) is 2. The topological polar surface area (TPSA) is 120 Å². The summed E-state index contributed by atoms with van der Waals surface area (Å²) >= 11 is 2.71. The normalized spacial score (nSPS) is 11.8. The number of benzene rings is 4. The van der Waals surface area contributed by atoms with Gasteiger partial charge in [0.15, 0.2) is 10.3 Å². The van der Waals surface area contributed by atoms with Crippen LogP contribution in [0, 0.1) is 25.5 Å². The van der Waals surface area contributed by atoms with Crippen molar-refractivity contribution in [2.45, 2.75) is 106 Å². The van der Waals surface area contributed by atoms with Crippen LogP contribution in [-0.4, -0.2) is 21.8 Å². The van der Waals surface area contributed by atoms with Gasteiger partial charge in [0, 0.05) is 32.0 Å². The van der Waals surface area contributed by atoms with Gasteiger partial charge in [-0.25, -0.2) is 18.7 Å². The molecule has 6 rings (SSSR count). The molecule has 2 aromatic heterocycles. The van der Waals surface area contributed by atoms with Gasteiger partial charge in [0.1, 0.15) is 11.6 Å². The predicted molar refractivity (Wildman–Crippen MR) is 248 cm³/mol. The van der Waals surface area contributed by atoms with E-state index < -0.39 is 8.25 Å². The first-order chi connectivity index (χ1) is 29.4. The van der Waals surface area contributed by atoms with Gasteiger partial charge in [-0.1, -0.05) is 67.5 Å². The Balaban J connectivity index is 1.16. The summed E-state index contributed by atoms with van der Waals surface area (Å²) in [6.45, 7) is 20.2. The number of hydrogen-bond acceptors (Lipinski definition) is 9. The van der Waals surface area contributed by atoms with Crippen molar-refractivity contribution >= 4 is 53.0 Å². The second-order valence-corrected chi connectivity index (χ2v) is 19.9. The van der Waals surface area contributed by atoms with Crippen LogP contribution in [0.2, 0.25) is 0 Å². The summed E-state index contributed by atoms with van der Waals surface area (Å²) in [4.78, 5) is 38.8. The van der Waals surface area contributed by atoms with Crippen LogP contribution in [0.5, 0.6) is 0 Å². The minimum Gasteiger partial charge on any atom is -0.306 e. The maximum atomic E-state index is 13.8. The molecule has 4 aromatic carbocycles. The number of aryl methyl sites for hydroxylation is 2. The van der Waals surface area contributed by atoms with Crippen molar-refractivity contribution in [1.82, 2.24) is 9.97 Å². The highest BCUT2D eigenvalue weighted by molar-refractivity contribution is 7.33. The first kappa shape index (κ1) is 46.6. The van der Waals surface area contributed by atoms with Crippen LogP contribution in [0.4, 0.5) is 19.0 Å². The van der Waals surface area contributed by atoms with E-state index in [4.69, 9.17) is 9.05 Å². The van der Waals surface area contributed by atoms with Crippen molar-refractivity contribution < 1.29 is 32.0 Å². The summed E-state index contributed by atoms with van der Waals surface area (Å²) in [5.74, 6) is -1.25. The molecule has 2 heterocycles. The van der Waals surface area contributed by atoms with E-state index in [2.05, 4.69) is 48.3 Å². The first-order valence-corrected chi connectivity index (χ1v) is 23.5. The lowest BCUT2D eigenvalue weighted by Crippen LogP contribution is -2.18. The average molecular weight is 899 g/mol. The molecule has 0 spiro atoms. The van der Waals surface area contributed by atoms with E-state index in [1.54, 1.807) is 36.4 Å². The van der Waals surface area contributed by atoms with Crippen molar-refractivity contribution in [2.75, 3.05) is 10.6 Å². The SMILES string of the molecule is Cc1sc(NC(=O)c2ccc(CO[PH](=O)OCc3ccc(C(=O)Nc4nc(-c5ccc(F)cc5)c(C)s4)c(C(C)C)c3C(C)C)c(C(C)C)c2C(C)C)nc1-c1ccc(F)cc1. The van der Waals surface area contributed by atoms with E-state index in [0.29, 0.717) is 32.8 Å². The Kier molecular flexibility index (Phi) is 15.1. The maximum Gasteiger partial charge on any atom is 0.319 e. The summed E-state index contributed by atoms with van der Waals surface area (Å²) < 4.78 is 52.3. The lowest BCUT2D eigenvalue weighted by molar-refractivity contribution is 0.101. The molecule has 0 radical (unpaired) electrons. The molecular formula is C48H53F2N4O5PS2. The number of carbonyl (C=O) groups excluding carboxylic acids is 2. The molecule has 0 aliphatic carbocycles. The van der Waals surface area contributed by atoms with Crippen molar-refractivity contribution in [1.29, 1.82) is 0 Å². The van der Waals surface area contributed by atoms with E-state index >= 15 is 0 Å². The third kappa shape index (κ3) is 10.6. The summed E-state index contributed by atoms with van der Waals surface area (Å²) in [7, 11) is -2.98. The van der Waals surface area contributed by atoms with Crippen molar-refractivity contribution in [3.8, 4) is 22.5 Å². The molecular weight excluding hydrogens is 846 g/mol. The summed E-state index contributed by atoms with van der Waals surface area (Å²) in [6.07, 6.45) is 0. The van der Waals surface area contributed by atoms with Gasteiger partial charge in [-0.3, -0.25) is 24.8 Å². The quantitative estimate of drug-likeness (QED) is 0.0928. The van der Waals surface area contributed by atoms with Gasteiger partial charge in [-0.05, 0) is 132 Å². The highest BCUT2D eigenvalue weighted by Gasteiger charge is 2.26. The monoisotopic (exact) mass is 898 g/mol. The molecule has 62 heavy (non-hydrogen) atoms. The van der Waals surface area contributed by atoms with Crippen LogP contribution < -0.4 is 10.6 Å². The first-order valence-electron chi connectivity index (χ1n) is 20.6. The molecule has 0 saturated heterocycles. The fourth-order valence-corrected chi connectivity index (χ4v) is 10.2. The Hall–Kier alpha value is -4.91. The fraction of sp³-hybridized carbons (Fsp3) is 0.333. The minimum absolute atomic E-state index is 0.0180. The van der Waals surface area contributed by atoms with Gasteiger partial charge >= 0.3 is 8.25 Å². The molecule has 0 fully saturated rings. The van der Waals surface area contributed by atoms with Gasteiger partial charge in [0.05, 0.1) is 24.6 Å². The van der Waals surface area contributed by atoms with Gasteiger partial charge < -0.3 is 9.05 Å². The molecule has 2 N–H and O–H groups in total. The molecule has 0 atom stereocenters. The lowest BCUT2D eigenvalue weighted by Gasteiger charge is -2.24. The van der Waals surface area contributed by atoms with E-state index in [-0.39, 0.29) is 60.3 Å². The molecule has 0 bridgehead atoms. The van der Waals surface area contributed by atoms with E-state index in [1.807, 2.05) is 53.7 Å². The number of thiazole rings is 2. The predicted octanol–water partition coefficient (Wildman–Crippen LogP) is 13.9. The van der Waals surface area contributed by atoms with Crippen LogP contribution in [0.1, 0.15) is 143 Å².